The van der Waals surface area contributed by atoms with E-state index in [9.17, 15) is 5.11 Å². The molecule has 1 rings (SSSR count). The van der Waals surface area contributed by atoms with Gasteiger partial charge in [0, 0.05) is 26.3 Å². The Labute approximate surface area is 145 Å². The van der Waals surface area contributed by atoms with Crippen LogP contribution in [0.25, 0.3) is 0 Å². The standard InChI is InChI=1S/C14H29N3O3.HI/c1-3-15-14(16-7-8-19-4-2)17-9-13(18)11-20-10-12-5-6-12;/h12-13,18H,3-11H2,1-2H3,(H2,15,16,17);1H. The summed E-state index contributed by atoms with van der Waals surface area (Å²) in [6.45, 7) is 8.30. The third kappa shape index (κ3) is 12.1. The Balaban J connectivity index is 0.00000400. The van der Waals surface area contributed by atoms with Crippen molar-refractivity contribution in [2.75, 3.05) is 46.1 Å². The van der Waals surface area contributed by atoms with E-state index in [4.69, 9.17) is 9.47 Å². The monoisotopic (exact) mass is 415 g/mol. The van der Waals surface area contributed by atoms with E-state index in [0.717, 1.165) is 19.1 Å². The first kappa shape index (κ1) is 20.9. The van der Waals surface area contributed by atoms with Crippen molar-refractivity contribution in [2.45, 2.75) is 32.8 Å². The molecule has 3 N–H and O–H groups in total. The summed E-state index contributed by atoms with van der Waals surface area (Å²) in [4.78, 5) is 4.33. The van der Waals surface area contributed by atoms with Crippen LogP contribution in [0.1, 0.15) is 26.7 Å². The molecule has 1 aliphatic rings. The van der Waals surface area contributed by atoms with Gasteiger partial charge in [-0.1, -0.05) is 0 Å². The third-order valence-electron chi connectivity index (χ3n) is 2.91. The lowest BCUT2D eigenvalue weighted by molar-refractivity contribution is 0.0368. The van der Waals surface area contributed by atoms with E-state index >= 15 is 0 Å². The van der Waals surface area contributed by atoms with Gasteiger partial charge in [0.1, 0.15) is 0 Å². The van der Waals surface area contributed by atoms with Crippen LogP contribution in [0.2, 0.25) is 0 Å². The third-order valence-corrected chi connectivity index (χ3v) is 2.91. The van der Waals surface area contributed by atoms with Gasteiger partial charge < -0.3 is 25.2 Å². The highest BCUT2D eigenvalue weighted by Crippen LogP contribution is 2.28. The predicted octanol–water partition coefficient (Wildman–Crippen LogP) is 0.983. The van der Waals surface area contributed by atoms with Gasteiger partial charge in [-0.25, -0.2) is 0 Å². The molecule has 21 heavy (non-hydrogen) atoms. The smallest absolute Gasteiger partial charge is 0.191 e. The molecule has 0 aromatic carbocycles. The number of hydrogen-bond acceptors (Lipinski definition) is 4. The number of nitrogens with zero attached hydrogens (tertiary/aromatic N) is 1. The minimum Gasteiger partial charge on any atom is -0.389 e. The number of halogens is 1. The van der Waals surface area contributed by atoms with E-state index in [0.29, 0.717) is 38.9 Å². The highest BCUT2D eigenvalue weighted by Gasteiger charge is 2.21. The molecule has 1 saturated carbocycles. The van der Waals surface area contributed by atoms with E-state index in [1.165, 1.54) is 12.8 Å². The fraction of sp³-hybridized carbons (Fsp3) is 0.929. The lowest BCUT2D eigenvalue weighted by atomic mass is 10.4. The SMILES string of the molecule is CCNC(=NCC(O)COCC1CC1)NCCOCC.I. The van der Waals surface area contributed by atoms with Crippen LogP contribution in [-0.2, 0) is 9.47 Å². The maximum absolute atomic E-state index is 9.80. The van der Waals surface area contributed by atoms with Crippen LogP contribution in [0.4, 0.5) is 0 Å². The Bertz CT molecular complexity index is 276. The van der Waals surface area contributed by atoms with Gasteiger partial charge in [-0.05, 0) is 32.6 Å². The maximum Gasteiger partial charge on any atom is 0.191 e. The van der Waals surface area contributed by atoms with Gasteiger partial charge in [-0.3, -0.25) is 4.99 Å². The summed E-state index contributed by atoms with van der Waals surface area (Å²) in [5.74, 6) is 1.43. The summed E-state index contributed by atoms with van der Waals surface area (Å²) in [5.41, 5.74) is 0. The van der Waals surface area contributed by atoms with Gasteiger partial charge in [-0.2, -0.15) is 0 Å². The Kier molecular flexibility index (Phi) is 13.5. The van der Waals surface area contributed by atoms with Crippen molar-refractivity contribution in [2.24, 2.45) is 10.9 Å². The van der Waals surface area contributed by atoms with Crippen LogP contribution in [-0.4, -0.2) is 63.2 Å². The van der Waals surface area contributed by atoms with Crippen molar-refractivity contribution in [1.82, 2.24) is 10.6 Å². The van der Waals surface area contributed by atoms with Crippen molar-refractivity contribution in [3.05, 3.63) is 0 Å². The van der Waals surface area contributed by atoms with Gasteiger partial charge in [0.15, 0.2) is 5.96 Å². The van der Waals surface area contributed by atoms with Crippen LogP contribution >= 0.6 is 24.0 Å². The molecular formula is C14H30IN3O3. The number of hydrogen-bond donors (Lipinski definition) is 3. The van der Waals surface area contributed by atoms with E-state index in [1.807, 2.05) is 13.8 Å². The molecule has 1 atom stereocenters. The van der Waals surface area contributed by atoms with Crippen molar-refractivity contribution < 1.29 is 14.6 Å². The second-order valence-corrected chi connectivity index (χ2v) is 4.98. The van der Waals surface area contributed by atoms with Gasteiger partial charge >= 0.3 is 0 Å². The molecule has 126 valence electrons. The zero-order valence-corrected chi connectivity index (χ0v) is 15.5. The number of aliphatic hydroxyl groups is 1. The first-order valence-corrected chi connectivity index (χ1v) is 7.62. The maximum atomic E-state index is 9.80. The number of guanidine groups is 1. The molecule has 0 amide bonds. The van der Waals surface area contributed by atoms with Crippen LogP contribution in [0.3, 0.4) is 0 Å². The molecule has 1 aliphatic carbocycles. The minimum atomic E-state index is -0.545. The molecule has 0 heterocycles. The summed E-state index contributed by atoms with van der Waals surface area (Å²) in [7, 11) is 0. The largest absolute Gasteiger partial charge is 0.389 e. The second kappa shape index (κ2) is 13.5. The van der Waals surface area contributed by atoms with E-state index in [2.05, 4.69) is 15.6 Å². The highest BCUT2D eigenvalue weighted by atomic mass is 127. The molecule has 1 unspecified atom stereocenters. The van der Waals surface area contributed by atoms with Crippen molar-refractivity contribution >= 4 is 29.9 Å². The van der Waals surface area contributed by atoms with E-state index < -0.39 is 6.10 Å². The van der Waals surface area contributed by atoms with Crippen molar-refractivity contribution in [3.8, 4) is 0 Å². The average Bonchev–Trinajstić information content (AvgIpc) is 3.25. The quantitative estimate of drug-likeness (QED) is 0.203. The fourth-order valence-electron chi connectivity index (χ4n) is 1.63. The Morgan fingerprint density at radius 3 is 2.67 bits per heavy atom. The molecule has 0 aliphatic heterocycles. The van der Waals surface area contributed by atoms with E-state index in [-0.39, 0.29) is 24.0 Å². The predicted molar refractivity (Wildman–Crippen MR) is 95.4 cm³/mol. The molecule has 0 saturated heterocycles. The molecule has 1 fully saturated rings. The number of ether oxygens (including phenoxy) is 2. The first-order chi connectivity index (χ1) is 9.76. The normalized spacial score (nSPS) is 16.2. The van der Waals surface area contributed by atoms with Crippen molar-refractivity contribution in [1.29, 1.82) is 0 Å². The first-order valence-electron chi connectivity index (χ1n) is 7.62. The Morgan fingerprint density at radius 2 is 2.05 bits per heavy atom. The summed E-state index contributed by atoms with van der Waals surface area (Å²) in [6, 6.07) is 0. The van der Waals surface area contributed by atoms with Gasteiger partial charge in [0.25, 0.3) is 0 Å². The Hall–Kier alpha value is -0.120. The highest BCUT2D eigenvalue weighted by molar-refractivity contribution is 14.0. The number of aliphatic hydroxyl groups excluding tert-OH is 1. The van der Waals surface area contributed by atoms with Gasteiger partial charge in [0.2, 0.25) is 0 Å². The zero-order chi connectivity index (χ0) is 14.6. The molecule has 0 aromatic rings. The zero-order valence-electron chi connectivity index (χ0n) is 13.1. The molecule has 0 radical (unpaired) electrons. The van der Waals surface area contributed by atoms with Crippen LogP contribution in [0, 0.1) is 5.92 Å². The average molecular weight is 415 g/mol. The van der Waals surface area contributed by atoms with Gasteiger partial charge in [0.05, 0.1) is 25.9 Å². The summed E-state index contributed by atoms with van der Waals surface area (Å²) in [6.07, 6.45) is 1.99. The lowest BCUT2D eigenvalue weighted by Crippen LogP contribution is -2.39. The summed E-state index contributed by atoms with van der Waals surface area (Å²) in [5, 5.41) is 16.1. The number of nitrogens with one attached hydrogen (secondary N) is 2. The summed E-state index contributed by atoms with van der Waals surface area (Å²) >= 11 is 0. The fourth-order valence-corrected chi connectivity index (χ4v) is 1.63. The van der Waals surface area contributed by atoms with Crippen molar-refractivity contribution in [3.63, 3.8) is 0 Å². The molecule has 0 bridgehead atoms. The van der Waals surface area contributed by atoms with Gasteiger partial charge in [-0.15, -0.1) is 24.0 Å². The lowest BCUT2D eigenvalue weighted by Gasteiger charge is -2.13. The van der Waals surface area contributed by atoms with Crippen LogP contribution < -0.4 is 10.6 Å². The van der Waals surface area contributed by atoms with E-state index in [1.54, 1.807) is 0 Å². The summed E-state index contributed by atoms with van der Waals surface area (Å²) < 4.78 is 10.7. The molecule has 6 nitrogen and oxygen atoms in total. The second-order valence-electron chi connectivity index (χ2n) is 4.98. The Morgan fingerprint density at radius 1 is 1.29 bits per heavy atom. The molecule has 0 spiro atoms. The van der Waals surface area contributed by atoms with Crippen LogP contribution in [0.15, 0.2) is 4.99 Å². The number of rotatable bonds is 11. The minimum absolute atomic E-state index is 0. The molecule has 0 aromatic heterocycles. The molecule has 7 heteroatoms. The number of aliphatic imine (C=N–C) groups is 1. The topological polar surface area (TPSA) is 75.1 Å². The van der Waals surface area contributed by atoms with Crippen LogP contribution in [0.5, 0.6) is 0 Å². The molecular weight excluding hydrogens is 385 g/mol.